The van der Waals surface area contributed by atoms with Crippen LogP contribution in [0, 0.1) is 5.92 Å². The molecule has 0 aromatic rings. The molecule has 0 aromatic heterocycles. The average molecular weight is 230 g/mol. The van der Waals surface area contributed by atoms with Crippen molar-refractivity contribution in [1.29, 1.82) is 0 Å². The Labute approximate surface area is 97.0 Å². The number of hydrogen-bond acceptors (Lipinski definition) is 3. The highest BCUT2D eigenvalue weighted by Crippen LogP contribution is 2.13. The fourth-order valence-electron chi connectivity index (χ4n) is 1.40. The van der Waals surface area contributed by atoms with Crippen molar-refractivity contribution in [3.8, 4) is 0 Å². The number of aliphatic carboxylic acids is 1. The van der Waals surface area contributed by atoms with Gasteiger partial charge in [0, 0.05) is 6.42 Å². The van der Waals surface area contributed by atoms with Gasteiger partial charge in [0.05, 0.1) is 12.5 Å². The molecule has 0 heterocycles. The van der Waals surface area contributed by atoms with E-state index in [0.29, 0.717) is 32.3 Å². The third-order valence-electron chi connectivity index (χ3n) is 2.54. The Kier molecular flexibility index (Phi) is 8.58. The van der Waals surface area contributed by atoms with Gasteiger partial charge in [-0.3, -0.25) is 9.59 Å². The highest BCUT2D eigenvalue weighted by atomic mass is 16.5. The number of esters is 1. The van der Waals surface area contributed by atoms with Gasteiger partial charge in [0.15, 0.2) is 0 Å². The zero-order valence-corrected chi connectivity index (χ0v) is 10.2. The zero-order chi connectivity index (χ0) is 12.4. The van der Waals surface area contributed by atoms with Crippen LogP contribution in [0.3, 0.4) is 0 Å². The van der Waals surface area contributed by atoms with Gasteiger partial charge >= 0.3 is 11.9 Å². The zero-order valence-electron chi connectivity index (χ0n) is 10.2. The summed E-state index contributed by atoms with van der Waals surface area (Å²) in [6.45, 7) is 4.36. The molecule has 0 aliphatic carbocycles. The minimum absolute atomic E-state index is 0.214. The third kappa shape index (κ3) is 7.26. The van der Waals surface area contributed by atoms with E-state index >= 15 is 0 Å². The van der Waals surface area contributed by atoms with Crippen LogP contribution in [0.2, 0.25) is 0 Å². The Hall–Kier alpha value is -1.06. The van der Waals surface area contributed by atoms with E-state index in [1.807, 2.05) is 13.8 Å². The molecule has 94 valence electrons. The van der Waals surface area contributed by atoms with Crippen LogP contribution < -0.4 is 0 Å². The van der Waals surface area contributed by atoms with Gasteiger partial charge in [-0.25, -0.2) is 0 Å². The molecular weight excluding hydrogens is 208 g/mol. The summed E-state index contributed by atoms with van der Waals surface area (Å²) in [7, 11) is 0. The fourth-order valence-corrected chi connectivity index (χ4v) is 1.40. The molecule has 0 bridgehead atoms. The Bertz CT molecular complexity index is 213. The van der Waals surface area contributed by atoms with E-state index in [4.69, 9.17) is 9.84 Å². The van der Waals surface area contributed by atoms with E-state index in [1.54, 1.807) is 0 Å². The number of unbranched alkanes of at least 4 members (excludes halogenated alkanes) is 1. The lowest BCUT2D eigenvalue weighted by Gasteiger charge is -2.08. The maximum absolute atomic E-state index is 11.2. The van der Waals surface area contributed by atoms with Crippen molar-refractivity contribution in [1.82, 2.24) is 0 Å². The van der Waals surface area contributed by atoms with E-state index in [2.05, 4.69) is 0 Å². The smallest absolute Gasteiger partial charge is 0.306 e. The Morgan fingerprint density at radius 2 is 1.94 bits per heavy atom. The summed E-state index contributed by atoms with van der Waals surface area (Å²) in [6.07, 6.45) is 3.97. The maximum Gasteiger partial charge on any atom is 0.306 e. The number of carbonyl (C=O) groups is 2. The quantitative estimate of drug-likeness (QED) is 0.488. The van der Waals surface area contributed by atoms with Gasteiger partial charge in [-0.2, -0.15) is 0 Å². The number of carbonyl (C=O) groups excluding carboxylic acids is 1. The molecule has 0 radical (unpaired) electrons. The second-order valence-electron chi connectivity index (χ2n) is 3.91. The maximum atomic E-state index is 11.2. The SMILES string of the molecule is CCCCOC(=O)CCCC(CC)C(=O)O. The number of rotatable bonds is 9. The first kappa shape index (κ1) is 14.9. The van der Waals surface area contributed by atoms with E-state index in [-0.39, 0.29) is 11.9 Å². The van der Waals surface area contributed by atoms with Crippen LogP contribution in [-0.2, 0) is 14.3 Å². The van der Waals surface area contributed by atoms with Crippen LogP contribution in [0.1, 0.15) is 52.4 Å². The second-order valence-corrected chi connectivity index (χ2v) is 3.91. The molecule has 0 amide bonds. The standard InChI is InChI=1S/C12H22O4/c1-3-5-9-16-11(13)8-6-7-10(4-2)12(14)15/h10H,3-9H2,1-2H3,(H,14,15). The third-order valence-corrected chi connectivity index (χ3v) is 2.54. The summed E-state index contributed by atoms with van der Waals surface area (Å²) in [5.41, 5.74) is 0. The first-order chi connectivity index (χ1) is 7.61. The largest absolute Gasteiger partial charge is 0.481 e. The monoisotopic (exact) mass is 230 g/mol. The van der Waals surface area contributed by atoms with Gasteiger partial charge < -0.3 is 9.84 Å². The van der Waals surface area contributed by atoms with Crippen molar-refractivity contribution in [2.75, 3.05) is 6.61 Å². The summed E-state index contributed by atoms with van der Waals surface area (Å²) >= 11 is 0. The molecule has 0 aromatic carbocycles. The summed E-state index contributed by atoms with van der Waals surface area (Å²) in [5, 5.41) is 8.80. The molecule has 1 atom stereocenters. The Morgan fingerprint density at radius 3 is 2.44 bits per heavy atom. The van der Waals surface area contributed by atoms with Crippen LogP contribution in [0.15, 0.2) is 0 Å². The number of ether oxygens (including phenoxy) is 1. The van der Waals surface area contributed by atoms with Crippen LogP contribution in [0.4, 0.5) is 0 Å². The van der Waals surface area contributed by atoms with Gasteiger partial charge in [0.2, 0.25) is 0 Å². The first-order valence-electron chi connectivity index (χ1n) is 6.00. The summed E-state index contributed by atoms with van der Waals surface area (Å²) in [5.74, 6) is -1.32. The molecule has 0 saturated carbocycles. The van der Waals surface area contributed by atoms with Crippen LogP contribution in [-0.4, -0.2) is 23.7 Å². The van der Waals surface area contributed by atoms with E-state index < -0.39 is 5.97 Å². The first-order valence-corrected chi connectivity index (χ1v) is 6.00. The molecule has 4 nitrogen and oxygen atoms in total. The van der Waals surface area contributed by atoms with Gasteiger partial charge in [-0.05, 0) is 25.7 Å². The molecule has 1 N–H and O–H groups in total. The number of carboxylic acids is 1. The van der Waals surface area contributed by atoms with Crippen molar-refractivity contribution >= 4 is 11.9 Å². The highest BCUT2D eigenvalue weighted by molar-refractivity contribution is 5.71. The molecule has 0 spiro atoms. The molecule has 0 fully saturated rings. The van der Waals surface area contributed by atoms with Gasteiger partial charge in [0.1, 0.15) is 0 Å². The van der Waals surface area contributed by atoms with E-state index in [0.717, 1.165) is 12.8 Å². The molecule has 16 heavy (non-hydrogen) atoms. The highest BCUT2D eigenvalue weighted by Gasteiger charge is 2.15. The van der Waals surface area contributed by atoms with Gasteiger partial charge in [-0.15, -0.1) is 0 Å². The molecule has 0 rings (SSSR count). The molecule has 4 heteroatoms. The lowest BCUT2D eigenvalue weighted by Crippen LogP contribution is -2.13. The fraction of sp³-hybridized carbons (Fsp3) is 0.833. The minimum atomic E-state index is -0.776. The normalized spacial score (nSPS) is 12.1. The van der Waals surface area contributed by atoms with Crippen molar-refractivity contribution in [3.05, 3.63) is 0 Å². The Balaban J connectivity index is 3.56. The lowest BCUT2D eigenvalue weighted by molar-refractivity contribution is -0.145. The van der Waals surface area contributed by atoms with Crippen molar-refractivity contribution in [3.63, 3.8) is 0 Å². The summed E-state index contributed by atoms with van der Waals surface area (Å²) in [6, 6.07) is 0. The number of carboxylic acid groups (broad SMARTS) is 1. The van der Waals surface area contributed by atoms with Crippen LogP contribution >= 0.6 is 0 Å². The molecular formula is C12H22O4. The van der Waals surface area contributed by atoms with Gasteiger partial charge in [-0.1, -0.05) is 20.3 Å². The van der Waals surface area contributed by atoms with E-state index in [9.17, 15) is 9.59 Å². The predicted molar refractivity (Wildman–Crippen MR) is 61.1 cm³/mol. The van der Waals surface area contributed by atoms with Crippen molar-refractivity contribution in [2.45, 2.75) is 52.4 Å². The van der Waals surface area contributed by atoms with Crippen LogP contribution in [0.5, 0.6) is 0 Å². The lowest BCUT2D eigenvalue weighted by atomic mass is 10.00. The molecule has 0 saturated heterocycles. The molecule has 0 aliphatic heterocycles. The minimum Gasteiger partial charge on any atom is -0.481 e. The van der Waals surface area contributed by atoms with E-state index in [1.165, 1.54) is 0 Å². The molecule has 0 aliphatic rings. The van der Waals surface area contributed by atoms with Crippen LogP contribution in [0.25, 0.3) is 0 Å². The van der Waals surface area contributed by atoms with Crippen molar-refractivity contribution in [2.24, 2.45) is 5.92 Å². The average Bonchev–Trinajstić information content (AvgIpc) is 2.24. The summed E-state index contributed by atoms with van der Waals surface area (Å²) < 4.78 is 4.97. The molecule has 1 unspecified atom stereocenters. The predicted octanol–water partition coefficient (Wildman–Crippen LogP) is 2.61. The Morgan fingerprint density at radius 1 is 1.25 bits per heavy atom. The topological polar surface area (TPSA) is 63.6 Å². The van der Waals surface area contributed by atoms with Gasteiger partial charge in [0.25, 0.3) is 0 Å². The second kappa shape index (κ2) is 9.19. The number of hydrogen-bond donors (Lipinski definition) is 1. The summed E-state index contributed by atoms with van der Waals surface area (Å²) in [4.78, 5) is 21.9. The van der Waals surface area contributed by atoms with Crippen molar-refractivity contribution < 1.29 is 19.4 Å².